The van der Waals surface area contributed by atoms with Crippen molar-refractivity contribution >= 4 is 69.4 Å². The Morgan fingerprint density at radius 3 is 1.14 bits per heavy atom. The van der Waals surface area contributed by atoms with Gasteiger partial charge >= 0.3 is 0 Å². The van der Waals surface area contributed by atoms with Crippen LogP contribution in [0.5, 0.6) is 11.5 Å². The second-order valence-electron chi connectivity index (χ2n) is 14.1. The van der Waals surface area contributed by atoms with E-state index in [-0.39, 0.29) is 24.8 Å². The molecule has 4 atom stereocenters. The topological polar surface area (TPSA) is 95.8 Å². The van der Waals surface area contributed by atoms with Gasteiger partial charge in [-0.1, -0.05) is 130 Å². The normalized spacial score (nSPS) is 22.6. The van der Waals surface area contributed by atoms with E-state index >= 15 is 0 Å². The number of halogens is 4. The van der Waals surface area contributed by atoms with Gasteiger partial charge in [-0.15, -0.1) is 0 Å². The maximum absolute atomic E-state index is 13.6. The summed E-state index contributed by atoms with van der Waals surface area (Å²) in [5.41, 5.74) is 3.13. The third-order valence-electron chi connectivity index (χ3n) is 10.7. The van der Waals surface area contributed by atoms with E-state index in [0.29, 0.717) is 54.1 Å². The Hall–Kier alpha value is -5.64. The largest absolute Gasteiger partial charge is 0.488 e. The second kappa shape index (κ2) is 15.3. The number of hydrogen-bond donors (Lipinski definition) is 0. The number of benzene rings is 6. The van der Waals surface area contributed by atoms with E-state index in [4.69, 9.17) is 65.6 Å². The number of Topliss-reactive ketones (excluding diaryl/α,β-unsaturated/α-hetero) is 2. The molecule has 8 nitrogen and oxygen atoms in total. The first-order valence-corrected chi connectivity index (χ1v) is 19.8. The quantitative estimate of drug-likeness (QED) is 0.175. The summed E-state index contributed by atoms with van der Waals surface area (Å²) < 4.78 is 11.9. The standard InChI is InChI=1S/2C23H15Cl2NO3/c2*24-16-9-5-14(6-10-16)20-21(15-7-11-17(25)12-8-15)26-29-23(20)13-28-19-4-2-1-3-18(19)22(23)27/h2*1-12,20H,13H2/t2*20-,23-/m10/s1. The molecule has 10 rings (SSSR count). The summed E-state index contributed by atoms with van der Waals surface area (Å²) in [6, 6.07) is 43.8. The molecule has 4 heterocycles. The summed E-state index contributed by atoms with van der Waals surface area (Å²) in [7, 11) is 0. The maximum Gasteiger partial charge on any atom is 0.245 e. The van der Waals surface area contributed by atoms with Crippen molar-refractivity contribution in [1.82, 2.24) is 0 Å². The van der Waals surface area contributed by atoms with Gasteiger partial charge in [-0.2, -0.15) is 0 Å². The highest BCUT2D eigenvalue weighted by Crippen LogP contribution is 2.48. The van der Waals surface area contributed by atoms with Crippen molar-refractivity contribution in [2.45, 2.75) is 23.0 Å². The highest BCUT2D eigenvalue weighted by atomic mass is 35.5. The molecule has 288 valence electrons. The van der Waals surface area contributed by atoms with E-state index in [1.807, 2.05) is 72.8 Å². The Kier molecular flexibility index (Phi) is 9.98. The van der Waals surface area contributed by atoms with Gasteiger partial charge in [-0.25, -0.2) is 0 Å². The summed E-state index contributed by atoms with van der Waals surface area (Å²) in [4.78, 5) is 39.0. The predicted molar refractivity (Wildman–Crippen MR) is 225 cm³/mol. The number of ketones is 2. The molecule has 6 aromatic rings. The highest BCUT2D eigenvalue weighted by Gasteiger charge is 2.60. The van der Waals surface area contributed by atoms with E-state index in [2.05, 4.69) is 10.3 Å². The molecule has 0 saturated heterocycles. The van der Waals surface area contributed by atoms with Crippen molar-refractivity contribution in [2.24, 2.45) is 10.3 Å². The minimum absolute atomic E-state index is 0.0662. The zero-order valence-electron chi connectivity index (χ0n) is 30.3. The van der Waals surface area contributed by atoms with E-state index in [9.17, 15) is 9.59 Å². The molecule has 58 heavy (non-hydrogen) atoms. The van der Waals surface area contributed by atoms with E-state index in [1.165, 1.54) is 0 Å². The number of nitrogens with zero attached hydrogens (tertiary/aromatic N) is 2. The lowest BCUT2D eigenvalue weighted by Gasteiger charge is -2.35. The van der Waals surface area contributed by atoms with Gasteiger partial charge in [0.25, 0.3) is 0 Å². The van der Waals surface area contributed by atoms with Crippen LogP contribution in [0.4, 0.5) is 0 Å². The van der Waals surface area contributed by atoms with Gasteiger partial charge in [-0.05, 0) is 83.9 Å². The Balaban J connectivity index is 0.000000150. The van der Waals surface area contributed by atoms with E-state index in [0.717, 1.165) is 22.3 Å². The van der Waals surface area contributed by atoms with Crippen LogP contribution in [0.15, 0.2) is 156 Å². The van der Waals surface area contributed by atoms with Crippen LogP contribution in [0.3, 0.4) is 0 Å². The SMILES string of the molecule is O=C1c2ccccc2OC[C@@]12ON=C(c1ccc(Cl)cc1)[C@@H]2c1ccc(Cl)cc1.O=C1c2ccccc2OC[C@]12ON=C(c1ccc(Cl)cc1)[C@H]2c1ccc(Cl)cc1. The van der Waals surface area contributed by atoms with Crippen LogP contribution in [0.1, 0.15) is 54.8 Å². The molecule has 0 unspecified atom stereocenters. The average Bonchev–Trinajstić information content (AvgIpc) is 3.83. The lowest BCUT2D eigenvalue weighted by atomic mass is 9.73. The third kappa shape index (κ3) is 6.60. The summed E-state index contributed by atoms with van der Waals surface area (Å²) in [6.07, 6.45) is 0. The van der Waals surface area contributed by atoms with E-state index in [1.54, 1.807) is 72.8 Å². The first kappa shape index (κ1) is 37.9. The smallest absolute Gasteiger partial charge is 0.245 e. The number of para-hydroxylation sites is 2. The van der Waals surface area contributed by atoms with Crippen LogP contribution in [0.2, 0.25) is 20.1 Å². The molecule has 0 N–H and O–H groups in total. The number of carbonyl (C=O) groups excluding carboxylic acids is 2. The number of ether oxygens (including phenoxy) is 2. The fourth-order valence-corrected chi connectivity index (χ4v) is 8.34. The molecule has 2 spiro atoms. The third-order valence-corrected chi connectivity index (χ3v) is 11.7. The molecule has 0 fully saturated rings. The van der Waals surface area contributed by atoms with Gasteiger partial charge in [0.15, 0.2) is 0 Å². The Morgan fingerprint density at radius 1 is 0.448 bits per heavy atom. The van der Waals surface area contributed by atoms with Gasteiger partial charge < -0.3 is 19.1 Å². The van der Waals surface area contributed by atoms with Crippen LogP contribution in [-0.4, -0.2) is 47.4 Å². The average molecular weight is 849 g/mol. The molecular formula is C46H30Cl4N2O6. The highest BCUT2D eigenvalue weighted by molar-refractivity contribution is 6.31. The second-order valence-corrected chi connectivity index (χ2v) is 15.9. The zero-order valence-corrected chi connectivity index (χ0v) is 33.3. The molecule has 0 aromatic heterocycles. The monoisotopic (exact) mass is 846 g/mol. The summed E-state index contributed by atoms with van der Waals surface area (Å²) in [6.45, 7) is 0.132. The molecule has 0 radical (unpaired) electrons. The predicted octanol–water partition coefficient (Wildman–Crippen LogP) is 11.1. The molecule has 0 amide bonds. The minimum atomic E-state index is -1.28. The molecule has 6 aromatic carbocycles. The minimum Gasteiger partial charge on any atom is -0.488 e. The number of rotatable bonds is 4. The summed E-state index contributed by atoms with van der Waals surface area (Å²) in [5.74, 6) is -0.0920. The van der Waals surface area contributed by atoms with Gasteiger partial charge in [0.05, 0.1) is 34.4 Å². The van der Waals surface area contributed by atoms with Crippen molar-refractivity contribution < 1.29 is 28.7 Å². The Bertz CT molecular complexity index is 2430. The first-order valence-electron chi connectivity index (χ1n) is 18.2. The molecule has 0 aliphatic carbocycles. The van der Waals surface area contributed by atoms with Gasteiger partial charge in [0.2, 0.25) is 22.8 Å². The molecule has 12 heteroatoms. The van der Waals surface area contributed by atoms with Crippen LogP contribution in [0, 0.1) is 0 Å². The van der Waals surface area contributed by atoms with Crippen molar-refractivity contribution in [1.29, 1.82) is 0 Å². The fraction of sp³-hybridized carbons (Fsp3) is 0.130. The molecule has 4 aliphatic heterocycles. The first-order chi connectivity index (χ1) is 28.2. The maximum atomic E-state index is 13.6. The number of oxime groups is 2. The van der Waals surface area contributed by atoms with Crippen molar-refractivity contribution in [3.63, 3.8) is 0 Å². The zero-order chi connectivity index (χ0) is 40.0. The van der Waals surface area contributed by atoms with Gasteiger partial charge in [0.1, 0.15) is 24.7 Å². The molecule has 4 aliphatic rings. The molecular weight excluding hydrogens is 818 g/mol. The molecule has 0 saturated carbocycles. The van der Waals surface area contributed by atoms with Gasteiger partial charge in [0, 0.05) is 31.2 Å². The van der Waals surface area contributed by atoms with Crippen molar-refractivity contribution in [3.8, 4) is 11.5 Å². The molecule has 0 bridgehead atoms. The summed E-state index contributed by atoms with van der Waals surface area (Å²) in [5, 5.41) is 11.2. The lowest BCUT2D eigenvalue weighted by molar-refractivity contribution is -0.0432. The number of hydrogen-bond acceptors (Lipinski definition) is 8. The number of fused-ring (bicyclic) bond motifs is 2. The van der Waals surface area contributed by atoms with Crippen LogP contribution in [0.25, 0.3) is 0 Å². The lowest BCUT2D eigenvalue weighted by Crippen LogP contribution is -2.52. The van der Waals surface area contributed by atoms with Crippen molar-refractivity contribution in [3.05, 3.63) is 199 Å². The van der Waals surface area contributed by atoms with Crippen LogP contribution < -0.4 is 9.47 Å². The Morgan fingerprint density at radius 2 is 0.776 bits per heavy atom. The summed E-state index contributed by atoms with van der Waals surface area (Å²) >= 11 is 24.3. The number of carbonyl (C=O) groups is 2. The van der Waals surface area contributed by atoms with E-state index < -0.39 is 23.0 Å². The fourth-order valence-electron chi connectivity index (χ4n) is 7.84. The van der Waals surface area contributed by atoms with Gasteiger partial charge in [-0.3, -0.25) is 9.59 Å². The van der Waals surface area contributed by atoms with Crippen molar-refractivity contribution in [2.75, 3.05) is 13.2 Å². The van der Waals surface area contributed by atoms with Crippen LogP contribution in [-0.2, 0) is 9.68 Å². The van der Waals surface area contributed by atoms with Crippen LogP contribution >= 0.6 is 46.4 Å². The Labute approximate surface area is 353 Å².